The second kappa shape index (κ2) is 5.74. The van der Waals surface area contributed by atoms with Crippen LogP contribution in [0.1, 0.15) is 0 Å². The summed E-state index contributed by atoms with van der Waals surface area (Å²) in [4.78, 5) is 13.6. The van der Waals surface area contributed by atoms with Crippen molar-refractivity contribution in [3.63, 3.8) is 0 Å². The van der Waals surface area contributed by atoms with Crippen LogP contribution in [0.25, 0.3) is 0 Å². The highest BCUT2D eigenvalue weighted by Gasteiger charge is 2.22. The second-order valence-electron chi connectivity index (χ2n) is 3.82. The molecule has 0 unspecified atom stereocenters. The van der Waals surface area contributed by atoms with Crippen LogP contribution >= 0.6 is 15.9 Å². The highest BCUT2D eigenvalue weighted by Crippen LogP contribution is 2.28. The Morgan fingerprint density at radius 1 is 1.33 bits per heavy atom. The molecule has 0 bridgehead atoms. The third-order valence-electron chi connectivity index (χ3n) is 2.37. The van der Waals surface area contributed by atoms with Gasteiger partial charge in [0, 0.05) is 12.3 Å². The average Bonchev–Trinajstić information content (AvgIpc) is 2.40. The molecule has 1 N–H and O–H groups in total. The number of pyridine rings is 1. The van der Waals surface area contributed by atoms with Gasteiger partial charge >= 0.3 is 0 Å². The van der Waals surface area contributed by atoms with E-state index in [1.54, 1.807) is 0 Å². The molecule has 110 valence electrons. The fraction of sp³-hybridized carbons (Fsp3) is 0. The van der Waals surface area contributed by atoms with Crippen molar-refractivity contribution in [1.29, 1.82) is 0 Å². The van der Waals surface area contributed by atoms with Gasteiger partial charge < -0.3 is 0 Å². The monoisotopic (exact) mass is 375 g/mol. The molecule has 1 heterocycles. The van der Waals surface area contributed by atoms with Gasteiger partial charge in [0.15, 0.2) is 5.82 Å². The largest absolute Gasteiger partial charge is 0.285 e. The molecule has 2 aromatic rings. The third-order valence-corrected chi connectivity index (χ3v) is 4.36. The topological polar surface area (TPSA) is 102 Å². The summed E-state index contributed by atoms with van der Waals surface area (Å²) in [5.74, 6) is -1.02. The van der Waals surface area contributed by atoms with E-state index < -0.39 is 25.8 Å². The minimum absolute atomic E-state index is 0.0741. The van der Waals surface area contributed by atoms with Crippen LogP contribution in [0, 0.1) is 15.9 Å². The van der Waals surface area contributed by atoms with Gasteiger partial charge in [-0.15, -0.1) is 0 Å². The number of halogens is 2. The van der Waals surface area contributed by atoms with E-state index in [1.165, 1.54) is 18.2 Å². The number of nitrogens with zero attached hydrogens (tertiary/aromatic N) is 2. The van der Waals surface area contributed by atoms with Crippen molar-refractivity contribution in [2.45, 2.75) is 5.03 Å². The summed E-state index contributed by atoms with van der Waals surface area (Å²) in [6.45, 7) is 0. The first-order valence-corrected chi connectivity index (χ1v) is 7.66. The Morgan fingerprint density at radius 3 is 2.67 bits per heavy atom. The number of nitro groups is 1. The van der Waals surface area contributed by atoms with Gasteiger partial charge in [0.05, 0.1) is 15.1 Å². The highest BCUT2D eigenvalue weighted by atomic mass is 79.9. The van der Waals surface area contributed by atoms with Gasteiger partial charge in [-0.1, -0.05) is 0 Å². The van der Waals surface area contributed by atoms with Crippen LogP contribution in [0.2, 0.25) is 0 Å². The maximum atomic E-state index is 13.5. The summed E-state index contributed by atoms with van der Waals surface area (Å²) in [5.41, 5.74) is -0.397. The van der Waals surface area contributed by atoms with E-state index in [9.17, 15) is 22.9 Å². The molecule has 0 aliphatic carbocycles. The van der Waals surface area contributed by atoms with Gasteiger partial charge in [0.1, 0.15) is 0 Å². The molecule has 7 nitrogen and oxygen atoms in total. The number of rotatable bonds is 4. The van der Waals surface area contributed by atoms with E-state index in [1.807, 2.05) is 4.72 Å². The van der Waals surface area contributed by atoms with Crippen LogP contribution in [0.4, 0.5) is 15.8 Å². The summed E-state index contributed by atoms with van der Waals surface area (Å²) < 4.78 is 39.7. The minimum atomic E-state index is -4.27. The molecule has 0 aliphatic rings. The summed E-state index contributed by atoms with van der Waals surface area (Å²) in [5, 5.41) is 10.0. The maximum absolute atomic E-state index is 13.5. The van der Waals surface area contributed by atoms with Crippen LogP contribution < -0.4 is 4.72 Å². The van der Waals surface area contributed by atoms with Gasteiger partial charge in [-0.05, 0) is 40.2 Å². The molecule has 0 saturated carbocycles. The summed E-state index contributed by atoms with van der Waals surface area (Å²) in [6, 6.07) is 5.83. The molecule has 21 heavy (non-hydrogen) atoms. The Morgan fingerprint density at radius 2 is 2.05 bits per heavy atom. The van der Waals surface area contributed by atoms with Crippen LogP contribution in [0.5, 0.6) is 0 Å². The zero-order chi connectivity index (χ0) is 15.6. The zero-order valence-electron chi connectivity index (χ0n) is 10.2. The Balaban J connectivity index is 2.40. The summed E-state index contributed by atoms with van der Waals surface area (Å²) in [6.07, 6.45) is 1.13. The lowest BCUT2D eigenvalue weighted by Crippen LogP contribution is -2.16. The quantitative estimate of drug-likeness (QED) is 0.653. The Hall–Kier alpha value is -2.07. The number of nitrogens with one attached hydrogen (secondary N) is 1. The lowest BCUT2D eigenvalue weighted by molar-refractivity contribution is -0.385. The zero-order valence-corrected chi connectivity index (χ0v) is 12.6. The fourth-order valence-corrected chi connectivity index (χ4v) is 2.94. The molecule has 0 amide bonds. The predicted molar refractivity (Wildman–Crippen MR) is 75.8 cm³/mol. The van der Waals surface area contributed by atoms with Crippen molar-refractivity contribution in [2.24, 2.45) is 0 Å². The number of hydrogen-bond donors (Lipinski definition) is 1. The Bertz CT molecular complexity index is 813. The lowest BCUT2D eigenvalue weighted by atomic mass is 10.3. The number of nitro benzene ring substituents is 1. The third kappa shape index (κ3) is 3.34. The van der Waals surface area contributed by atoms with E-state index in [4.69, 9.17) is 0 Å². The van der Waals surface area contributed by atoms with Crippen LogP contribution in [-0.2, 0) is 10.0 Å². The Labute approximate surface area is 127 Å². The minimum Gasteiger partial charge on any atom is -0.278 e. The molecule has 0 aliphatic heterocycles. The van der Waals surface area contributed by atoms with Crippen molar-refractivity contribution in [3.8, 4) is 0 Å². The van der Waals surface area contributed by atoms with E-state index >= 15 is 0 Å². The number of hydrogen-bond acceptors (Lipinski definition) is 5. The van der Waals surface area contributed by atoms with Crippen LogP contribution in [-0.4, -0.2) is 18.3 Å². The molecular formula is C11H7BrFN3O4S. The van der Waals surface area contributed by atoms with Gasteiger partial charge in [-0.3, -0.25) is 14.8 Å². The Kier molecular flexibility index (Phi) is 4.19. The summed E-state index contributed by atoms with van der Waals surface area (Å²) in [7, 11) is -4.27. The van der Waals surface area contributed by atoms with E-state index in [0.29, 0.717) is 0 Å². The van der Waals surface area contributed by atoms with Crippen molar-refractivity contribution < 1.29 is 17.7 Å². The van der Waals surface area contributed by atoms with Crippen molar-refractivity contribution >= 4 is 37.3 Å². The summed E-state index contributed by atoms with van der Waals surface area (Å²) >= 11 is 2.98. The molecule has 0 fully saturated rings. The number of sulfonamides is 1. The van der Waals surface area contributed by atoms with Gasteiger partial charge in [0.25, 0.3) is 15.7 Å². The molecular weight excluding hydrogens is 369 g/mol. The standard InChI is InChI=1S/C11H7BrFN3O4S/c12-8-4-3-7(6-10(8)16(17)18)15-21(19,20)11-9(13)2-1-5-14-11/h1-6,15H. The SMILES string of the molecule is O=[N+]([O-])c1cc(NS(=O)(=O)c2ncccc2F)ccc1Br. The number of anilines is 1. The van der Waals surface area contributed by atoms with Crippen LogP contribution in [0.15, 0.2) is 46.0 Å². The molecule has 2 rings (SSSR count). The van der Waals surface area contributed by atoms with Gasteiger partial charge in [0.2, 0.25) is 5.03 Å². The second-order valence-corrected chi connectivity index (χ2v) is 6.27. The van der Waals surface area contributed by atoms with Crippen LogP contribution in [0.3, 0.4) is 0 Å². The fourth-order valence-electron chi connectivity index (χ4n) is 1.49. The van der Waals surface area contributed by atoms with Crippen molar-refractivity contribution in [3.05, 3.63) is 56.9 Å². The molecule has 0 spiro atoms. The first-order valence-electron chi connectivity index (χ1n) is 5.38. The number of aromatic nitrogens is 1. The molecule has 0 atom stereocenters. The molecule has 0 radical (unpaired) electrons. The predicted octanol–water partition coefficient (Wildman–Crippen LogP) is 2.69. The van der Waals surface area contributed by atoms with Gasteiger partial charge in [-0.2, -0.15) is 8.42 Å². The molecule has 1 aromatic heterocycles. The molecule has 10 heteroatoms. The van der Waals surface area contributed by atoms with E-state index in [2.05, 4.69) is 20.9 Å². The molecule has 0 saturated heterocycles. The first-order chi connectivity index (χ1) is 9.81. The number of benzene rings is 1. The van der Waals surface area contributed by atoms with Crippen molar-refractivity contribution in [2.75, 3.05) is 4.72 Å². The lowest BCUT2D eigenvalue weighted by Gasteiger charge is -2.08. The highest BCUT2D eigenvalue weighted by molar-refractivity contribution is 9.10. The van der Waals surface area contributed by atoms with E-state index in [-0.39, 0.29) is 15.8 Å². The molecule has 1 aromatic carbocycles. The van der Waals surface area contributed by atoms with Gasteiger partial charge in [-0.25, -0.2) is 9.37 Å². The van der Waals surface area contributed by atoms with Crippen molar-refractivity contribution in [1.82, 2.24) is 4.98 Å². The maximum Gasteiger partial charge on any atom is 0.285 e. The first kappa shape index (κ1) is 15.3. The normalized spacial score (nSPS) is 11.1. The smallest absolute Gasteiger partial charge is 0.278 e. The average molecular weight is 376 g/mol. The van der Waals surface area contributed by atoms with E-state index in [0.717, 1.165) is 18.3 Å².